The molecule has 38 heavy (non-hydrogen) atoms. The molecule has 0 unspecified atom stereocenters. The van der Waals surface area contributed by atoms with Gasteiger partial charge in [0.25, 0.3) is 0 Å². The number of hydrogen-bond donors (Lipinski definition) is 1. The molecule has 5 aromatic rings. The number of rotatable bonds is 6. The van der Waals surface area contributed by atoms with Crippen LogP contribution in [0.15, 0.2) is 82.6 Å². The highest BCUT2D eigenvalue weighted by Crippen LogP contribution is 2.32. The molecule has 194 valence electrons. The molecule has 0 radical (unpaired) electrons. The van der Waals surface area contributed by atoms with E-state index in [4.69, 9.17) is 9.40 Å². The monoisotopic (exact) mass is 536 g/mol. The van der Waals surface area contributed by atoms with Crippen molar-refractivity contribution < 1.29 is 21.6 Å². The molecule has 1 saturated heterocycles. The molecule has 2 aromatic carbocycles. The van der Waals surface area contributed by atoms with Gasteiger partial charge in [-0.15, -0.1) is 0 Å². The van der Waals surface area contributed by atoms with Crippen LogP contribution in [-0.2, 0) is 10.0 Å². The number of hydrogen-bond acceptors (Lipinski definition) is 7. The number of fused-ring (bicyclic) bond motifs is 1. The Morgan fingerprint density at radius 3 is 2.53 bits per heavy atom. The van der Waals surface area contributed by atoms with Crippen molar-refractivity contribution in [1.82, 2.24) is 23.7 Å². The molecule has 0 atom stereocenters. The van der Waals surface area contributed by atoms with Crippen molar-refractivity contribution in [3.63, 3.8) is 0 Å². The van der Waals surface area contributed by atoms with Crippen molar-refractivity contribution in [1.29, 1.82) is 0 Å². The Morgan fingerprint density at radius 2 is 1.76 bits per heavy atom. The Morgan fingerprint density at radius 1 is 0.974 bits per heavy atom. The number of halogens is 2. The van der Waals surface area contributed by atoms with Crippen molar-refractivity contribution in [3.8, 4) is 22.6 Å². The van der Waals surface area contributed by atoms with E-state index in [-0.39, 0.29) is 29.8 Å². The third-order valence-corrected chi connectivity index (χ3v) is 8.39. The molecular weight excluding hydrogens is 514 g/mol. The van der Waals surface area contributed by atoms with Gasteiger partial charge in [-0.3, -0.25) is 4.40 Å². The van der Waals surface area contributed by atoms with Crippen molar-refractivity contribution in [3.05, 3.63) is 84.9 Å². The number of oxazole rings is 1. The summed E-state index contributed by atoms with van der Waals surface area (Å²) in [6, 6.07) is 12.8. The van der Waals surface area contributed by atoms with E-state index in [1.165, 1.54) is 40.9 Å². The van der Waals surface area contributed by atoms with Crippen LogP contribution in [0.3, 0.4) is 0 Å². The zero-order valence-electron chi connectivity index (χ0n) is 20.0. The number of aromatic nitrogens is 4. The van der Waals surface area contributed by atoms with E-state index in [0.717, 1.165) is 6.07 Å². The third kappa shape index (κ3) is 4.52. The number of imidazole rings is 1. The first-order valence-electron chi connectivity index (χ1n) is 12.0. The minimum absolute atomic E-state index is 0.0525. The second-order valence-corrected chi connectivity index (χ2v) is 10.9. The molecule has 9 nitrogen and oxygen atoms in total. The van der Waals surface area contributed by atoms with E-state index in [1.54, 1.807) is 35.0 Å². The second kappa shape index (κ2) is 9.62. The van der Waals surface area contributed by atoms with Gasteiger partial charge in [-0.1, -0.05) is 6.07 Å². The first kappa shape index (κ1) is 24.2. The predicted molar refractivity (Wildman–Crippen MR) is 136 cm³/mol. The van der Waals surface area contributed by atoms with Gasteiger partial charge in [-0.2, -0.15) is 9.29 Å². The molecule has 1 aliphatic rings. The van der Waals surface area contributed by atoms with Gasteiger partial charge in [0.15, 0.2) is 0 Å². The molecule has 1 N–H and O–H groups in total. The summed E-state index contributed by atoms with van der Waals surface area (Å²) in [5.74, 6) is -0.175. The predicted octanol–water partition coefficient (Wildman–Crippen LogP) is 4.59. The zero-order valence-corrected chi connectivity index (χ0v) is 20.8. The first-order valence-corrected chi connectivity index (χ1v) is 13.4. The van der Waals surface area contributed by atoms with Gasteiger partial charge in [0.1, 0.15) is 29.3 Å². The van der Waals surface area contributed by atoms with Gasteiger partial charge in [-0.05, 0) is 61.4 Å². The maximum absolute atomic E-state index is 13.6. The Kier molecular flexibility index (Phi) is 6.12. The molecule has 4 heterocycles. The molecule has 6 rings (SSSR count). The molecule has 3 aromatic heterocycles. The van der Waals surface area contributed by atoms with Crippen molar-refractivity contribution >= 4 is 21.8 Å². The van der Waals surface area contributed by atoms with Gasteiger partial charge >= 0.3 is 5.84 Å². The topological polar surface area (TPSA) is 106 Å². The minimum atomic E-state index is -3.77. The fourth-order valence-corrected chi connectivity index (χ4v) is 6.10. The van der Waals surface area contributed by atoms with Crippen LogP contribution in [0.25, 0.3) is 28.5 Å². The van der Waals surface area contributed by atoms with Crippen molar-refractivity contribution in [2.24, 2.45) is 0 Å². The maximum atomic E-state index is 13.6. The molecule has 0 saturated carbocycles. The molecule has 0 amide bonds. The Balaban J connectivity index is 1.21. The highest BCUT2D eigenvalue weighted by Gasteiger charge is 2.30. The molecule has 0 bridgehead atoms. The average molecular weight is 537 g/mol. The SMILES string of the molecule is O=S(=O)(c1cccc(F)c1)N1CCC(Nc2nccc(-c3c(-c4ccc(F)cc4)nc4occn34)n2)CC1. The summed E-state index contributed by atoms with van der Waals surface area (Å²) in [4.78, 5) is 13.6. The highest BCUT2D eigenvalue weighted by molar-refractivity contribution is 7.89. The van der Waals surface area contributed by atoms with Crippen LogP contribution in [-0.4, -0.2) is 51.2 Å². The van der Waals surface area contributed by atoms with Gasteiger partial charge in [-0.25, -0.2) is 27.2 Å². The zero-order chi connectivity index (χ0) is 26.3. The van der Waals surface area contributed by atoms with Crippen LogP contribution in [0.2, 0.25) is 0 Å². The van der Waals surface area contributed by atoms with E-state index in [0.29, 0.717) is 47.3 Å². The van der Waals surface area contributed by atoms with E-state index in [2.05, 4.69) is 15.3 Å². The number of sulfonamides is 1. The molecule has 0 aliphatic carbocycles. The summed E-state index contributed by atoms with van der Waals surface area (Å²) in [5.41, 5.74) is 2.55. The lowest BCUT2D eigenvalue weighted by molar-refractivity contribution is 0.329. The maximum Gasteiger partial charge on any atom is 0.306 e. The normalized spacial score (nSPS) is 15.2. The molecule has 1 fully saturated rings. The number of benzene rings is 2. The quantitative estimate of drug-likeness (QED) is 0.338. The second-order valence-electron chi connectivity index (χ2n) is 8.92. The largest absolute Gasteiger partial charge is 0.432 e. The molecule has 0 spiro atoms. The number of nitrogens with one attached hydrogen (secondary N) is 1. The van der Waals surface area contributed by atoms with Crippen LogP contribution in [0.5, 0.6) is 0 Å². The summed E-state index contributed by atoms with van der Waals surface area (Å²) in [7, 11) is -3.77. The van der Waals surface area contributed by atoms with E-state index in [9.17, 15) is 17.2 Å². The molecule has 12 heteroatoms. The first-order chi connectivity index (χ1) is 18.4. The smallest absolute Gasteiger partial charge is 0.306 e. The third-order valence-electron chi connectivity index (χ3n) is 6.50. The van der Waals surface area contributed by atoms with Crippen molar-refractivity contribution in [2.45, 2.75) is 23.8 Å². The summed E-state index contributed by atoms with van der Waals surface area (Å²) in [6.45, 7) is 0.562. The fourth-order valence-electron chi connectivity index (χ4n) is 4.60. The fraction of sp³-hybridized carbons (Fsp3) is 0.192. The van der Waals surface area contributed by atoms with E-state index < -0.39 is 15.8 Å². The van der Waals surface area contributed by atoms with Crippen LogP contribution < -0.4 is 5.32 Å². The summed E-state index contributed by atoms with van der Waals surface area (Å²) >= 11 is 0. The minimum Gasteiger partial charge on any atom is -0.432 e. The Hall–Kier alpha value is -4.16. The molecule has 1 aliphatic heterocycles. The van der Waals surface area contributed by atoms with E-state index in [1.807, 2.05) is 0 Å². The van der Waals surface area contributed by atoms with Crippen LogP contribution in [0.4, 0.5) is 14.7 Å². The van der Waals surface area contributed by atoms with Crippen LogP contribution in [0, 0.1) is 11.6 Å². The Labute approximate surface area is 216 Å². The van der Waals surface area contributed by atoms with Gasteiger partial charge in [0.2, 0.25) is 16.0 Å². The standard InChI is InChI=1S/C26H22F2N6O3S/c27-18-6-4-17(5-7-18)23-24(34-14-15-37-26(34)32-23)22-8-11-29-25(31-22)30-20-9-12-33(13-10-20)38(35,36)21-3-1-2-19(28)16-21/h1-8,11,14-16,20H,9-10,12-13H2,(H,29,30,31). The Bertz CT molecular complexity index is 1710. The lowest BCUT2D eigenvalue weighted by atomic mass is 10.1. The number of piperidine rings is 1. The lowest BCUT2D eigenvalue weighted by Crippen LogP contribution is -2.42. The highest BCUT2D eigenvalue weighted by atomic mass is 32.2. The number of nitrogens with zero attached hydrogens (tertiary/aromatic N) is 5. The average Bonchev–Trinajstić information content (AvgIpc) is 3.51. The van der Waals surface area contributed by atoms with Gasteiger partial charge < -0.3 is 9.73 Å². The molecular formula is C26H22F2N6O3S. The number of anilines is 1. The van der Waals surface area contributed by atoms with Crippen LogP contribution >= 0.6 is 0 Å². The van der Waals surface area contributed by atoms with Crippen molar-refractivity contribution in [2.75, 3.05) is 18.4 Å². The summed E-state index contributed by atoms with van der Waals surface area (Å²) in [5, 5.41) is 3.31. The van der Waals surface area contributed by atoms with Gasteiger partial charge in [0.05, 0.1) is 10.6 Å². The van der Waals surface area contributed by atoms with Gasteiger partial charge in [0, 0.05) is 37.1 Å². The lowest BCUT2D eigenvalue weighted by Gasteiger charge is -2.31. The summed E-state index contributed by atoms with van der Waals surface area (Å²) < 4.78 is 61.5. The van der Waals surface area contributed by atoms with E-state index >= 15 is 0 Å². The summed E-state index contributed by atoms with van der Waals surface area (Å²) in [6.07, 6.45) is 5.94. The van der Waals surface area contributed by atoms with Crippen LogP contribution in [0.1, 0.15) is 12.8 Å².